The third-order valence-corrected chi connectivity index (χ3v) is 4.92. The predicted molar refractivity (Wildman–Crippen MR) is 93.9 cm³/mol. The molecular weight excluding hydrogens is 324 g/mol. The molecule has 0 spiro atoms. The molecule has 1 amide bonds. The lowest BCUT2D eigenvalue weighted by atomic mass is 10.1. The Bertz CT molecular complexity index is 860. The Balaban J connectivity index is 1.60. The molecule has 2 aromatic carbocycles. The highest BCUT2D eigenvalue weighted by atomic mass is 32.2. The van der Waals surface area contributed by atoms with Crippen molar-refractivity contribution in [3.63, 3.8) is 0 Å². The van der Waals surface area contributed by atoms with E-state index in [9.17, 15) is 13.2 Å². The fourth-order valence-corrected chi connectivity index (χ4v) is 3.56. The average molecular weight is 344 g/mol. The number of hydrogen-bond acceptors (Lipinski definition) is 3. The summed E-state index contributed by atoms with van der Waals surface area (Å²) in [7, 11) is -3.55. The molecule has 1 aliphatic rings. The van der Waals surface area contributed by atoms with Gasteiger partial charge >= 0.3 is 0 Å². The van der Waals surface area contributed by atoms with Crippen LogP contribution in [-0.4, -0.2) is 14.3 Å². The fraction of sp³-hybridized carbons (Fsp3) is 0.278. The van der Waals surface area contributed by atoms with Crippen LogP contribution in [0.3, 0.4) is 0 Å². The first-order valence-corrected chi connectivity index (χ1v) is 9.50. The van der Waals surface area contributed by atoms with E-state index in [0.29, 0.717) is 11.3 Å². The maximum atomic E-state index is 12.3. The smallest absolute Gasteiger partial charge is 0.228 e. The van der Waals surface area contributed by atoms with Crippen LogP contribution in [0.4, 0.5) is 5.69 Å². The topological polar surface area (TPSA) is 89.3 Å². The summed E-state index contributed by atoms with van der Waals surface area (Å²) < 4.78 is 22.1. The van der Waals surface area contributed by atoms with Gasteiger partial charge in [0.25, 0.3) is 0 Å². The summed E-state index contributed by atoms with van der Waals surface area (Å²) in [5, 5.41) is 7.91. The SMILES string of the molecule is Cc1cccc([C@@H]2C[C@@H]2C(=O)Nc2ccc(CS(N)(=O)=O)cc2)c1. The number of amides is 1. The lowest BCUT2D eigenvalue weighted by Crippen LogP contribution is -2.15. The van der Waals surface area contributed by atoms with Crippen LogP contribution in [0.1, 0.15) is 29.0 Å². The average Bonchev–Trinajstić information content (AvgIpc) is 3.28. The highest BCUT2D eigenvalue weighted by molar-refractivity contribution is 7.88. The molecule has 0 radical (unpaired) electrons. The van der Waals surface area contributed by atoms with E-state index in [1.165, 1.54) is 11.1 Å². The van der Waals surface area contributed by atoms with Crippen LogP contribution in [0.25, 0.3) is 0 Å². The maximum absolute atomic E-state index is 12.3. The standard InChI is InChI=1S/C18H20N2O3S/c1-12-3-2-4-14(9-12)16-10-17(16)18(21)20-15-7-5-13(6-8-15)11-24(19,22)23/h2-9,16-17H,10-11H2,1H3,(H,20,21)(H2,19,22,23)/t16-,17-/m0/s1. The van der Waals surface area contributed by atoms with Gasteiger partial charge < -0.3 is 5.32 Å². The van der Waals surface area contributed by atoms with Crippen LogP contribution in [0.2, 0.25) is 0 Å². The molecule has 1 aliphatic carbocycles. The Labute approximate surface area is 141 Å². The first-order chi connectivity index (χ1) is 11.3. The molecule has 6 heteroatoms. The minimum atomic E-state index is -3.55. The summed E-state index contributed by atoms with van der Waals surface area (Å²) in [5.41, 5.74) is 3.66. The van der Waals surface area contributed by atoms with Gasteiger partial charge in [0.15, 0.2) is 0 Å². The second kappa shape index (κ2) is 6.37. The van der Waals surface area contributed by atoms with Crippen LogP contribution in [0.5, 0.6) is 0 Å². The molecule has 0 aliphatic heterocycles. The van der Waals surface area contributed by atoms with Crippen molar-refractivity contribution in [1.29, 1.82) is 0 Å². The van der Waals surface area contributed by atoms with E-state index >= 15 is 0 Å². The number of carbonyl (C=O) groups excluding carboxylic acids is 1. The summed E-state index contributed by atoms with van der Waals surface area (Å²) in [5.74, 6) is 0.0717. The Kier molecular flexibility index (Phi) is 4.43. The molecule has 0 aromatic heterocycles. The van der Waals surface area contributed by atoms with Gasteiger partial charge in [0, 0.05) is 11.6 Å². The van der Waals surface area contributed by atoms with Gasteiger partial charge in [-0.3, -0.25) is 4.79 Å². The zero-order valence-electron chi connectivity index (χ0n) is 13.4. The van der Waals surface area contributed by atoms with E-state index in [0.717, 1.165) is 6.42 Å². The number of primary sulfonamides is 1. The lowest BCUT2D eigenvalue weighted by molar-refractivity contribution is -0.117. The molecule has 1 saturated carbocycles. The van der Waals surface area contributed by atoms with Gasteiger partial charge in [0.1, 0.15) is 0 Å². The van der Waals surface area contributed by atoms with Crippen molar-refractivity contribution < 1.29 is 13.2 Å². The zero-order valence-corrected chi connectivity index (χ0v) is 14.2. The van der Waals surface area contributed by atoms with Crippen LogP contribution in [0, 0.1) is 12.8 Å². The second-order valence-electron chi connectivity index (χ2n) is 6.36. The number of anilines is 1. The molecule has 3 rings (SSSR count). The van der Waals surface area contributed by atoms with Crippen LogP contribution in [0.15, 0.2) is 48.5 Å². The van der Waals surface area contributed by atoms with Crippen molar-refractivity contribution in [3.8, 4) is 0 Å². The Morgan fingerprint density at radius 1 is 1.21 bits per heavy atom. The summed E-state index contributed by atoms with van der Waals surface area (Å²) in [6.45, 7) is 2.05. The van der Waals surface area contributed by atoms with E-state index < -0.39 is 10.0 Å². The van der Waals surface area contributed by atoms with Gasteiger partial charge in [-0.05, 0) is 42.5 Å². The van der Waals surface area contributed by atoms with E-state index in [1.54, 1.807) is 24.3 Å². The highest BCUT2D eigenvalue weighted by Gasteiger charge is 2.43. The maximum Gasteiger partial charge on any atom is 0.228 e. The van der Waals surface area contributed by atoms with E-state index in [2.05, 4.69) is 17.4 Å². The number of aryl methyl sites for hydroxylation is 1. The molecule has 3 N–H and O–H groups in total. The molecular formula is C18H20N2O3S. The number of benzene rings is 2. The Hall–Kier alpha value is -2.18. The van der Waals surface area contributed by atoms with E-state index in [4.69, 9.17) is 5.14 Å². The molecule has 2 atom stereocenters. The van der Waals surface area contributed by atoms with Gasteiger partial charge in [-0.1, -0.05) is 42.0 Å². The molecule has 0 saturated heterocycles. The number of hydrogen-bond donors (Lipinski definition) is 2. The summed E-state index contributed by atoms with van der Waals surface area (Å²) >= 11 is 0. The van der Waals surface area contributed by atoms with Gasteiger partial charge in [0.2, 0.25) is 15.9 Å². The van der Waals surface area contributed by atoms with Crippen LogP contribution >= 0.6 is 0 Å². The third-order valence-electron chi connectivity index (χ3n) is 4.19. The number of nitrogens with two attached hydrogens (primary N) is 1. The van der Waals surface area contributed by atoms with Crippen LogP contribution in [-0.2, 0) is 20.6 Å². The summed E-state index contributed by atoms with van der Waals surface area (Å²) in [6.07, 6.45) is 0.860. The molecule has 0 heterocycles. The largest absolute Gasteiger partial charge is 0.326 e. The van der Waals surface area contributed by atoms with Crippen molar-refractivity contribution in [3.05, 3.63) is 65.2 Å². The first kappa shape index (κ1) is 16.7. The van der Waals surface area contributed by atoms with Crippen molar-refractivity contribution >= 4 is 21.6 Å². The number of nitrogens with one attached hydrogen (secondary N) is 1. The molecule has 5 nitrogen and oxygen atoms in total. The predicted octanol–water partition coefficient (Wildman–Crippen LogP) is 2.53. The molecule has 1 fully saturated rings. The zero-order chi connectivity index (χ0) is 17.3. The van der Waals surface area contributed by atoms with Crippen molar-refractivity contribution in [2.24, 2.45) is 11.1 Å². The normalized spacial score (nSPS) is 19.8. The van der Waals surface area contributed by atoms with Crippen molar-refractivity contribution in [2.75, 3.05) is 5.32 Å². The van der Waals surface area contributed by atoms with E-state index in [-0.39, 0.29) is 23.5 Å². The van der Waals surface area contributed by atoms with Gasteiger partial charge in [-0.2, -0.15) is 0 Å². The minimum Gasteiger partial charge on any atom is -0.326 e. The molecule has 0 bridgehead atoms. The minimum absolute atomic E-state index is 0.000650. The van der Waals surface area contributed by atoms with Gasteiger partial charge in [-0.15, -0.1) is 0 Å². The monoisotopic (exact) mass is 344 g/mol. The van der Waals surface area contributed by atoms with Crippen LogP contribution < -0.4 is 10.5 Å². The highest BCUT2D eigenvalue weighted by Crippen LogP contribution is 2.48. The van der Waals surface area contributed by atoms with Gasteiger partial charge in [0.05, 0.1) is 5.75 Å². The Morgan fingerprint density at radius 3 is 2.54 bits per heavy atom. The number of carbonyl (C=O) groups is 1. The van der Waals surface area contributed by atoms with Gasteiger partial charge in [-0.25, -0.2) is 13.6 Å². The Morgan fingerprint density at radius 2 is 1.92 bits per heavy atom. The third kappa shape index (κ3) is 4.21. The van der Waals surface area contributed by atoms with Crippen molar-refractivity contribution in [2.45, 2.75) is 25.0 Å². The molecule has 24 heavy (non-hydrogen) atoms. The quantitative estimate of drug-likeness (QED) is 0.873. The fourth-order valence-electron chi connectivity index (χ4n) is 2.91. The van der Waals surface area contributed by atoms with E-state index in [1.807, 2.05) is 19.1 Å². The molecule has 0 unspecified atom stereocenters. The number of rotatable bonds is 5. The van der Waals surface area contributed by atoms with Crippen molar-refractivity contribution in [1.82, 2.24) is 0 Å². The summed E-state index contributed by atoms with van der Waals surface area (Å²) in [4.78, 5) is 12.3. The first-order valence-electron chi connectivity index (χ1n) is 7.79. The molecule has 126 valence electrons. The summed E-state index contributed by atoms with van der Waals surface area (Å²) in [6, 6.07) is 15.0. The number of sulfonamides is 1. The second-order valence-corrected chi connectivity index (χ2v) is 7.97. The lowest BCUT2D eigenvalue weighted by Gasteiger charge is -2.07. The molecule has 2 aromatic rings.